The largest absolute Gasteiger partial charge is 0.368 e. The maximum atomic E-state index is 4.20. The molecule has 1 aromatic heterocycles. The third-order valence-electron chi connectivity index (χ3n) is 2.70. The van der Waals surface area contributed by atoms with Crippen LogP contribution in [0.3, 0.4) is 0 Å². The smallest absolute Gasteiger partial charge is 0.153 e. The lowest BCUT2D eigenvalue weighted by molar-refractivity contribution is 0.799. The maximum Gasteiger partial charge on any atom is 0.153 e. The van der Waals surface area contributed by atoms with Gasteiger partial charge in [-0.3, -0.25) is 0 Å². The number of para-hydroxylation sites is 1. The summed E-state index contributed by atoms with van der Waals surface area (Å²) in [5.41, 5.74) is 2.08. The molecule has 1 N–H and O–H groups in total. The molecule has 2 heterocycles. The van der Waals surface area contributed by atoms with Crippen molar-refractivity contribution < 1.29 is 0 Å². The van der Waals surface area contributed by atoms with Crippen molar-refractivity contribution in [3.8, 4) is 5.69 Å². The number of hydrogen-bond acceptors (Lipinski definition) is 3. The Labute approximate surface area is 102 Å². The number of hydrogen-bond donors (Lipinski definition) is 1. The van der Waals surface area contributed by atoms with Crippen molar-refractivity contribution in [1.29, 1.82) is 0 Å². The Balaban J connectivity index is 2.13. The molecule has 82 valence electrons. The van der Waals surface area contributed by atoms with Crippen molar-refractivity contribution in [2.75, 3.05) is 11.9 Å². The fourth-order valence-corrected chi connectivity index (χ4v) is 2.37. The van der Waals surface area contributed by atoms with Gasteiger partial charge in [-0.1, -0.05) is 17.3 Å². The number of benzene rings is 1. The van der Waals surface area contributed by atoms with Gasteiger partial charge >= 0.3 is 0 Å². The number of rotatable bonds is 1. The van der Waals surface area contributed by atoms with E-state index in [-0.39, 0.29) is 0 Å². The molecule has 1 aromatic carbocycles. The number of halogens is 1. The molecule has 1 aliphatic heterocycles. The van der Waals surface area contributed by atoms with Gasteiger partial charge in [-0.25, -0.2) is 0 Å². The minimum atomic E-state index is 0.991. The van der Waals surface area contributed by atoms with E-state index in [2.05, 4.69) is 31.6 Å². The van der Waals surface area contributed by atoms with Gasteiger partial charge in [0.1, 0.15) is 5.69 Å². The number of nitrogens with one attached hydrogen (secondary N) is 1. The number of fused-ring (bicyclic) bond motifs is 1. The Kier molecular flexibility index (Phi) is 2.40. The summed E-state index contributed by atoms with van der Waals surface area (Å²) in [6, 6.07) is 8.02. The first-order valence-corrected chi connectivity index (χ1v) is 6.09. The van der Waals surface area contributed by atoms with Gasteiger partial charge in [0.15, 0.2) is 5.82 Å². The van der Waals surface area contributed by atoms with E-state index in [0.717, 1.165) is 41.1 Å². The Morgan fingerprint density at radius 3 is 3.06 bits per heavy atom. The van der Waals surface area contributed by atoms with Crippen molar-refractivity contribution >= 4 is 21.7 Å². The molecule has 4 nitrogen and oxygen atoms in total. The number of anilines is 1. The molecule has 5 heteroatoms. The minimum Gasteiger partial charge on any atom is -0.368 e. The summed E-state index contributed by atoms with van der Waals surface area (Å²) in [7, 11) is 0. The molecule has 0 radical (unpaired) electrons. The molecular formula is C11H11BrN4. The third-order valence-corrected chi connectivity index (χ3v) is 3.37. The molecule has 0 atom stereocenters. The topological polar surface area (TPSA) is 42.7 Å². The predicted molar refractivity (Wildman–Crippen MR) is 65.9 cm³/mol. The van der Waals surface area contributed by atoms with Crippen LogP contribution in [0.15, 0.2) is 28.7 Å². The van der Waals surface area contributed by atoms with Crippen LogP contribution >= 0.6 is 15.9 Å². The SMILES string of the molecule is Brc1ccccc1-n1nnc2c1NCCC2. The van der Waals surface area contributed by atoms with Gasteiger partial charge in [-0.2, -0.15) is 4.68 Å². The van der Waals surface area contributed by atoms with E-state index >= 15 is 0 Å². The zero-order valence-corrected chi connectivity index (χ0v) is 10.2. The molecule has 0 spiro atoms. The molecule has 0 saturated carbocycles. The average Bonchev–Trinajstić information content (AvgIpc) is 2.74. The first-order valence-electron chi connectivity index (χ1n) is 5.29. The van der Waals surface area contributed by atoms with Gasteiger partial charge in [-0.05, 0) is 40.9 Å². The molecular weight excluding hydrogens is 268 g/mol. The molecule has 3 rings (SSSR count). The molecule has 16 heavy (non-hydrogen) atoms. The van der Waals surface area contributed by atoms with Crippen LogP contribution in [-0.4, -0.2) is 21.5 Å². The molecule has 0 amide bonds. The normalized spacial score (nSPS) is 14.3. The van der Waals surface area contributed by atoms with Crippen molar-refractivity contribution in [1.82, 2.24) is 15.0 Å². The predicted octanol–water partition coefficient (Wildman–Crippen LogP) is 2.39. The molecule has 0 saturated heterocycles. The number of aryl methyl sites for hydroxylation is 1. The van der Waals surface area contributed by atoms with Crippen molar-refractivity contribution in [3.63, 3.8) is 0 Å². The lowest BCUT2D eigenvalue weighted by Gasteiger charge is -2.14. The van der Waals surface area contributed by atoms with Crippen LogP contribution in [0.4, 0.5) is 5.82 Å². The monoisotopic (exact) mass is 278 g/mol. The highest BCUT2D eigenvalue weighted by Crippen LogP contribution is 2.26. The van der Waals surface area contributed by atoms with Gasteiger partial charge in [0.25, 0.3) is 0 Å². The average molecular weight is 279 g/mol. The van der Waals surface area contributed by atoms with Crippen LogP contribution < -0.4 is 5.32 Å². The van der Waals surface area contributed by atoms with Gasteiger partial charge < -0.3 is 5.32 Å². The van der Waals surface area contributed by atoms with Gasteiger partial charge in [0.05, 0.1) is 5.69 Å². The second kappa shape index (κ2) is 3.90. The van der Waals surface area contributed by atoms with E-state index in [1.54, 1.807) is 0 Å². The fraction of sp³-hybridized carbons (Fsp3) is 0.273. The van der Waals surface area contributed by atoms with Gasteiger partial charge in [0, 0.05) is 11.0 Å². The second-order valence-corrected chi connectivity index (χ2v) is 4.63. The summed E-state index contributed by atoms with van der Waals surface area (Å²) in [5.74, 6) is 1.03. The number of aromatic nitrogens is 3. The summed E-state index contributed by atoms with van der Waals surface area (Å²) in [5, 5.41) is 11.8. The standard InChI is InChI=1S/C11H11BrN4/c12-8-4-1-2-6-10(8)16-11-9(14-15-16)5-3-7-13-11/h1-2,4,6,13H,3,5,7H2. The van der Waals surface area contributed by atoms with Crippen LogP contribution in [0, 0.1) is 0 Å². The van der Waals surface area contributed by atoms with Gasteiger partial charge in [0.2, 0.25) is 0 Å². The minimum absolute atomic E-state index is 0.991. The van der Waals surface area contributed by atoms with Gasteiger partial charge in [-0.15, -0.1) is 5.10 Å². The zero-order chi connectivity index (χ0) is 11.0. The second-order valence-electron chi connectivity index (χ2n) is 3.78. The van der Waals surface area contributed by atoms with Crippen molar-refractivity contribution in [3.05, 3.63) is 34.4 Å². The van der Waals surface area contributed by atoms with Crippen LogP contribution in [0.25, 0.3) is 5.69 Å². The van der Waals surface area contributed by atoms with E-state index in [0.29, 0.717) is 0 Å². The molecule has 0 unspecified atom stereocenters. The highest BCUT2D eigenvalue weighted by molar-refractivity contribution is 9.10. The Morgan fingerprint density at radius 2 is 2.19 bits per heavy atom. The highest BCUT2D eigenvalue weighted by atomic mass is 79.9. The summed E-state index contributed by atoms with van der Waals surface area (Å²) < 4.78 is 2.88. The van der Waals surface area contributed by atoms with Crippen LogP contribution in [-0.2, 0) is 6.42 Å². The third kappa shape index (κ3) is 1.51. The molecule has 0 bridgehead atoms. The lowest BCUT2D eigenvalue weighted by atomic mass is 10.2. The summed E-state index contributed by atoms with van der Waals surface area (Å²) in [6.45, 7) is 0.991. The van der Waals surface area contributed by atoms with E-state index < -0.39 is 0 Å². The Hall–Kier alpha value is -1.36. The van der Waals surface area contributed by atoms with Crippen LogP contribution in [0.2, 0.25) is 0 Å². The Bertz CT molecular complexity index is 520. The first-order chi connectivity index (χ1) is 7.86. The lowest BCUT2D eigenvalue weighted by Crippen LogP contribution is -2.14. The van der Waals surface area contributed by atoms with E-state index in [4.69, 9.17) is 0 Å². The van der Waals surface area contributed by atoms with Crippen molar-refractivity contribution in [2.45, 2.75) is 12.8 Å². The Morgan fingerprint density at radius 1 is 1.31 bits per heavy atom. The maximum absolute atomic E-state index is 4.20. The molecule has 0 aliphatic carbocycles. The molecule has 1 aliphatic rings. The van der Waals surface area contributed by atoms with E-state index in [1.807, 2.05) is 28.9 Å². The van der Waals surface area contributed by atoms with E-state index in [9.17, 15) is 0 Å². The molecule has 2 aromatic rings. The fourth-order valence-electron chi connectivity index (χ4n) is 1.91. The molecule has 0 fully saturated rings. The summed E-state index contributed by atoms with van der Waals surface area (Å²) in [6.07, 6.45) is 2.13. The highest BCUT2D eigenvalue weighted by Gasteiger charge is 2.18. The summed E-state index contributed by atoms with van der Waals surface area (Å²) in [4.78, 5) is 0. The van der Waals surface area contributed by atoms with Crippen LogP contribution in [0.5, 0.6) is 0 Å². The van der Waals surface area contributed by atoms with Crippen molar-refractivity contribution in [2.24, 2.45) is 0 Å². The quantitative estimate of drug-likeness (QED) is 0.871. The first kappa shape index (κ1) is 9.84. The van der Waals surface area contributed by atoms with Crippen LogP contribution in [0.1, 0.15) is 12.1 Å². The number of nitrogens with zero attached hydrogens (tertiary/aromatic N) is 3. The summed E-state index contributed by atoms with van der Waals surface area (Å²) >= 11 is 3.53. The zero-order valence-electron chi connectivity index (χ0n) is 8.65. The van der Waals surface area contributed by atoms with E-state index in [1.165, 1.54) is 0 Å².